The van der Waals surface area contributed by atoms with Gasteiger partial charge >= 0.3 is 11.9 Å². The van der Waals surface area contributed by atoms with E-state index in [-0.39, 0.29) is 25.2 Å². The number of carbonyl (C=O) groups excluding carboxylic acids is 2. The summed E-state index contributed by atoms with van der Waals surface area (Å²) >= 11 is 0. The molecule has 0 spiro atoms. The van der Waals surface area contributed by atoms with E-state index in [2.05, 4.69) is 160 Å². The van der Waals surface area contributed by atoms with E-state index in [1.165, 1.54) is 225 Å². The van der Waals surface area contributed by atoms with Crippen LogP contribution in [0, 0.1) is 0 Å². The average Bonchev–Trinajstić information content (AvgIpc) is 3.60. The Morgan fingerprint density at radius 3 is 0.722 bits per heavy atom. The molecule has 0 rings (SSSR count). The lowest BCUT2D eigenvalue weighted by atomic mass is 10.0. The summed E-state index contributed by atoms with van der Waals surface area (Å²) in [4.78, 5) is 24.7. The Balaban J connectivity index is 3.50. The van der Waals surface area contributed by atoms with Crippen molar-refractivity contribution in [2.75, 3.05) is 13.2 Å². The normalized spacial score (nSPS) is 13.1. The quantitative estimate of drug-likeness (QED) is 0.0373. The number of ether oxygens (including phenoxy) is 2. The minimum absolute atomic E-state index is 0.0707. The van der Waals surface area contributed by atoms with E-state index in [0.29, 0.717) is 12.8 Å². The van der Waals surface area contributed by atoms with Crippen LogP contribution in [0.1, 0.15) is 361 Å². The topological polar surface area (TPSA) is 72.8 Å². The van der Waals surface area contributed by atoms with Gasteiger partial charge in [0.1, 0.15) is 6.61 Å². The molecule has 0 amide bonds. The third-order valence-electron chi connectivity index (χ3n) is 16.6. The van der Waals surface area contributed by atoms with Crippen LogP contribution in [0.3, 0.4) is 0 Å². The third kappa shape index (κ3) is 76.2. The van der Waals surface area contributed by atoms with Crippen LogP contribution in [0.25, 0.3) is 0 Å². The van der Waals surface area contributed by atoms with Crippen LogP contribution in [0.5, 0.6) is 0 Å². The molecule has 0 aliphatic carbocycles. The molecule has 1 N–H and O–H groups in total. The highest BCUT2D eigenvalue weighted by Gasteiger charge is 2.16. The summed E-state index contributed by atoms with van der Waals surface area (Å²) < 4.78 is 10.8. The molecule has 0 heterocycles. The SMILES string of the molecule is CC/C=C\C/C=C\C/C=C\C/C=C\C/C=C\C/C=C\C/C=C\C/C=C\C/C=C\C/C=C\CCCCCCCCCCCCC(=O)OC(CO)COC(=O)CCCCCCCCCCCCCCCCCCCCCCCCC/C=C\C/C=C\CCCCCCC. The van der Waals surface area contributed by atoms with Gasteiger partial charge in [0.2, 0.25) is 0 Å². The first-order chi connectivity index (χ1) is 44.6. The number of esters is 2. The van der Waals surface area contributed by atoms with Gasteiger partial charge in [-0.1, -0.05) is 372 Å². The minimum atomic E-state index is -0.783. The maximum Gasteiger partial charge on any atom is 0.306 e. The molecule has 0 saturated heterocycles. The van der Waals surface area contributed by atoms with Crippen molar-refractivity contribution < 1.29 is 24.2 Å². The monoisotopic (exact) mass is 1250 g/mol. The second kappa shape index (κ2) is 79.0. The van der Waals surface area contributed by atoms with Crippen LogP contribution in [0.2, 0.25) is 0 Å². The number of aliphatic hydroxyl groups is 1. The van der Waals surface area contributed by atoms with Crippen molar-refractivity contribution in [1.82, 2.24) is 0 Å². The van der Waals surface area contributed by atoms with Crippen molar-refractivity contribution in [2.45, 2.75) is 367 Å². The van der Waals surface area contributed by atoms with Crippen LogP contribution in [-0.4, -0.2) is 36.4 Å². The Morgan fingerprint density at radius 2 is 0.478 bits per heavy atom. The van der Waals surface area contributed by atoms with E-state index in [0.717, 1.165) is 109 Å². The summed E-state index contributed by atoms with van der Waals surface area (Å²) in [6, 6.07) is 0. The summed E-state index contributed by atoms with van der Waals surface area (Å²) in [7, 11) is 0. The number of carbonyl (C=O) groups is 2. The predicted octanol–water partition coefficient (Wildman–Crippen LogP) is 27.2. The van der Waals surface area contributed by atoms with E-state index in [4.69, 9.17) is 9.47 Å². The molecule has 1 atom stereocenters. The first-order valence-corrected chi connectivity index (χ1v) is 38.4. The Kier molecular flexibility index (Phi) is 75.3. The maximum atomic E-state index is 12.4. The molecule has 514 valence electrons. The summed E-state index contributed by atoms with van der Waals surface area (Å²) in [5.41, 5.74) is 0. The van der Waals surface area contributed by atoms with Crippen LogP contribution in [0.4, 0.5) is 0 Å². The van der Waals surface area contributed by atoms with Crippen molar-refractivity contribution in [3.63, 3.8) is 0 Å². The zero-order valence-electron chi connectivity index (χ0n) is 59.1. The Labute approximate surface area is 558 Å². The minimum Gasteiger partial charge on any atom is -0.462 e. The lowest BCUT2D eigenvalue weighted by Crippen LogP contribution is -2.28. The molecule has 5 nitrogen and oxygen atoms in total. The lowest BCUT2D eigenvalue weighted by Gasteiger charge is -2.15. The first kappa shape index (κ1) is 85.8. The van der Waals surface area contributed by atoms with E-state index < -0.39 is 6.10 Å². The molecule has 90 heavy (non-hydrogen) atoms. The van der Waals surface area contributed by atoms with Gasteiger partial charge < -0.3 is 14.6 Å². The second-order valence-corrected chi connectivity index (χ2v) is 25.3. The molecule has 0 fully saturated rings. The fraction of sp³-hybridized carbons (Fsp3) is 0.694. The largest absolute Gasteiger partial charge is 0.462 e. The number of aliphatic hydroxyl groups excluding tert-OH is 1. The fourth-order valence-electron chi connectivity index (χ4n) is 10.9. The zero-order chi connectivity index (χ0) is 64.7. The van der Waals surface area contributed by atoms with E-state index in [9.17, 15) is 14.7 Å². The summed E-state index contributed by atoms with van der Waals surface area (Å²) in [6.45, 7) is 4.04. The van der Waals surface area contributed by atoms with Gasteiger partial charge in [0, 0.05) is 12.8 Å². The van der Waals surface area contributed by atoms with Crippen LogP contribution < -0.4 is 0 Å². The fourth-order valence-corrected chi connectivity index (χ4v) is 10.9. The second-order valence-electron chi connectivity index (χ2n) is 25.3. The van der Waals surface area contributed by atoms with Gasteiger partial charge in [-0.2, -0.15) is 0 Å². The average molecular weight is 1250 g/mol. The maximum absolute atomic E-state index is 12.4. The number of rotatable bonds is 70. The molecule has 0 aromatic carbocycles. The molecule has 1 unspecified atom stereocenters. The molecule has 0 aliphatic rings. The Bertz CT molecular complexity index is 1850. The molecule has 0 bridgehead atoms. The highest BCUT2D eigenvalue weighted by molar-refractivity contribution is 5.70. The predicted molar refractivity (Wildman–Crippen MR) is 398 cm³/mol. The van der Waals surface area contributed by atoms with Gasteiger partial charge in [-0.25, -0.2) is 0 Å². The third-order valence-corrected chi connectivity index (χ3v) is 16.6. The zero-order valence-corrected chi connectivity index (χ0v) is 59.1. The summed E-state index contributed by atoms with van der Waals surface area (Å²) in [5.74, 6) is -0.588. The lowest BCUT2D eigenvalue weighted by molar-refractivity contribution is -0.161. The number of hydrogen-bond acceptors (Lipinski definition) is 5. The van der Waals surface area contributed by atoms with Gasteiger partial charge in [-0.05, 0) is 122 Å². The van der Waals surface area contributed by atoms with Crippen LogP contribution in [-0.2, 0) is 19.1 Å². The smallest absolute Gasteiger partial charge is 0.306 e. The molecule has 0 radical (unpaired) electrons. The van der Waals surface area contributed by atoms with Crippen molar-refractivity contribution in [1.29, 1.82) is 0 Å². The molecule has 0 saturated carbocycles. The Hall–Kier alpha value is -4.22. The van der Waals surface area contributed by atoms with Crippen molar-refractivity contribution >= 4 is 11.9 Å². The Morgan fingerprint density at radius 1 is 0.267 bits per heavy atom. The van der Waals surface area contributed by atoms with E-state index >= 15 is 0 Å². The number of unbranched alkanes of at least 4 members (excludes halogenated alkanes) is 38. The summed E-state index contributed by atoms with van der Waals surface area (Å²) in [6.07, 6.45) is 119. The van der Waals surface area contributed by atoms with E-state index in [1.807, 2.05) is 0 Å². The van der Waals surface area contributed by atoms with Crippen molar-refractivity contribution in [3.05, 3.63) is 146 Å². The molecule has 0 aromatic rings. The highest BCUT2D eigenvalue weighted by Crippen LogP contribution is 2.18. The first-order valence-electron chi connectivity index (χ1n) is 38.4. The molecule has 0 aliphatic heterocycles. The van der Waals surface area contributed by atoms with Gasteiger partial charge in [0.15, 0.2) is 6.10 Å². The standard InChI is InChI=1S/C85H144O5/c1-3-5-7-9-11-13-15-17-19-21-23-25-27-29-31-33-35-37-39-40-41-42-43-44-46-48-50-52-54-56-58-60-62-64-66-68-70-72-74-76-78-80-85(88)90-83(81-86)82-89-84(87)79-77-75-73-71-69-67-65-63-61-59-57-55-53-51-49-47-45-38-36-34-32-30-28-26-24-22-20-18-16-14-12-10-8-6-4-2/h5,7,11,13,16-19,22-25,29,31,35,37,40-41,43-44,48,50,54,56,83,86H,3-4,6,8-10,12,14-15,20-21,26-28,30,32-34,36,38-39,42,45-47,49,51-53,55,57-82H2,1-2H3/b7-5-,13-11-,18-16-,19-17-,24-22-,25-23-,31-29-,37-35-,41-40-,44-43-,50-48-,56-54-. The van der Waals surface area contributed by atoms with Crippen molar-refractivity contribution in [2.24, 2.45) is 0 Å². The molecule has 0 aromatic heterocycles. The highest BCUT2D eigenvalue weighted by atomic mass is 16.6. The molecular weight excluding hydrogens is 1100 g/mol. The van der Waals surface area contributed by atoms with Gasteiger partial charge in [-0.15, -0.1) is 0 Å². The number of hydrogen-bond donors (Lipinski definition) is 1. The van der Waals surface area contributed by atoms with Gasteiger partial charge in [-0.3, -0.25) is 9.59 Å². The molecular formula is C85H144O5. The van der Waals surface area contributed by atoms with Gasteiger partial charge in [0.05, 0.1) is 6.61 Å². The van der Waals surface area contributed by atoms with Crippen molar-refractivity contribution in [3.8, 4) is 0 Å². The van der Waals surface area contributed by atoms with Gasteiger partial charge in [0.25, 0.3) is 0 Å². The van der Waals surface area contributed by atoms with Crippen LogP contribution >= 0.6 is 0 Å². The van der Waals surface area contributed by atoms with E-state index in [1.54, 1.807) is 0 Å². The number of allylic oxidation sites excluding steroid dienone is 24. The van der Waals surface area contributed by atoms with Crippen LogP contribution in [0.15, 0.2) is 146 Å². The summed E-state index contributed by atoms with van der Waals surface area (Å²) in [5, 5.41) is 9.72. The molecule has 5 heteroatoms.